The van der Waals surface area contributed by atoms with E-state index in [1.54, 1.807) is 4.90 Å². The molecule has 1 heterocycles. The predicted molar refractivity (Wildman–Crippen MR) is 77.2 cm³/mol. The number of carbonyl (C=O) groups is 1. The molecule has 1 aliphatic carbocycles. The SMILES string of the molecule is CC(C)(C)OC(=O)N1CCCC=C1C1CCC(F)(F)CC1. The summed E-state index contributed by atoms with van der Waals surface area (Å²) < 4.78 is 32.0. The smallest absolute Gasteiger partial charge is 0.414 e. The van der Waals surface area contributed by atoms with Gasteiger partial charge in [-0.2, -0.15) is 0 Å². The first-order valence-corrected chi connectivity index (χ1v) is 7.76. The third-order valence-electron chi connectivity index (χ3n) is 4.00. The molecule has 2 aliphatic rings. The number of alkyl halides is 2. The Morgan fingerprint density at radius 1 is 1.33 bits per heavy atom. The zero-order valence-corrected chi connectivity index (χ0v) is 13.1. The summed E-state index contributed by atoms with van der Waals surface area (Å²) in [5.74, 6) is -2.49. The van der Waals surface area contributed by atoms with E-state index in [0.29, 0.717) is 19.4 Å². The lowest BCUT2D eigenvalue weighted by atomic mass is 9.83. The number of nitrogens with zero attached hydrogens (tertiary/aromatic N) is 1. The molecule has 2 rings (SSSR count). The first-order valence-electron chi connectivity index (χ1n) is 7.76. The molecule has 1 fully saturated rings. The van der Waals surface area contributed by atoms with Crippen LogP contribution >= 0.6 is 0 Å². The van der Waals surface area contributed by atoms with Gasteiger partial charge in [0.2, 0.25) is 5.92 Å². The third kappa shape index (κ3) is 4.42. The summed E-state index contributed by atoms with van der Waals surface area (Å²) >= 11 is 0. The van der Waals surface area contributed by atoms with E-state index in [9.17, 15) is 13.6 Å². The molecule has 0 aromatic carbocycles. The van der Waals surface area contributed by atoms with E-state index >= 15 is 0 Å². The average molecular weight is 301 g/mol. The van der Waals surface area contributed by atoms with Crippen LogP contribution in [-0.2, 0) is 4.74 Å². The Balaban J connectivity index is 2.06. The zero-order chi connectivity index (χ0) is 15.7. The fourth-order valence-corrected chi connectivity index (χ4v) is 2.98. The van der Waals surface area contributed by atoms with Gasteiger partial charge in [-0.15, -0.1) is 0 Å². The molecule has 21 heavy (non-hydrogen) atoms. The topological polar surface area (TPSA) is 29.5 Å². The van der Waals surface area contributed by atoms with Crippen molar-refractivity contribution in [3.63, 3.8) is 0 Å². The molecule has 3 nitrogen and oxygen atoms in total. The van der Waals surface area contributed by atoms with Gasteiger partial charge in [-0.1, -0.05) is 6.08 Å². The molecule has 1 saturated carbocycles. The average Bonchev–Trinajstić information content (AvgIpc) is 2.37. The van der Waals surface area contributed by atoms with Crippen LogP contribution in [0.25, 0.3) is 0 Å². The van der Waals surface area contributed by atoms with Gasteiger partial charge in [0, 0.05) is 25.1 Å². The van der Waals surface area contributed by atoms with E-state index in [0.717, 1.165) is 18.5 Å². The Morgan fingerprint density at radius 2 is 1.95 bits per heavy atom. The van der Waals surface area contributed by atoms with Gasteiger partial charge in [0.05, 0.1) is 0 Å². The number of allylic oxidation sites excluding steroid dienone is 2. The molecule has 0 N–H and O–H groups in total. The van der Waals surface area contributed by atoms with Gasteiger partial charge >= 0.3 is 6.09 Å². The number of halogens is 2. The van der Waals surface area contributed by atoms with Crippen LogP contribution in [0.2, 0.25) is 0 Å². The van der Waals surface area contributed by atoms with Gasteiger partial charge in [-0.05, 0) is 52.4 Å². The van der Waals surface area contributed by atoms with Crippen molar-refractivity contribution in [2.45, 2.75) is 70.8 Å². The van der Waals surface area contributed by atoms with Crippen LogP contribution in [0, 0.1) is 5.92 Å². The molecule has 0 spiro atoms. The van der Waals surface area contributed by atoms with Crippen molar-refractivity contribution in [1.29, 1.82) is 0 Å². The number of rotatable bonds is 1. The largest absolute Gasteiger partial charge is 0.443 e. The normalized spacial score (nSPS) is 23.7. The van der Waals surface area contributed by atoms with Crippen LogP contribution in [0.1, 0.15) is 59.3 Å². The Kier molecular flexibility index (Phi) is 4.59. The molecule has 5 heteroatoms. The lowest BCUT2D eigenvalue weighted by Crippen LogP contribution is -2.41. The van der Waals surface area contributed by atoms with Crippen LogP contribution < -0.4 is 0 Å². The van der Waals surface area contributed by atoms with Crippen molar-refractivity contribution in [3.05, 3.63) is 11.8 Å². The molecule has 0 aromatic rings. The molecule has 1 amide bonds. The molecule has 0 aromatic heterocycles. The Morgan fingerprint density at radius 3 is 2.52 bits per heavy atom. The minimum absolute atomic E-state index is 0.0532. The van der Waals surface area contributed by atoms with Crippen LogP contribution in [0.5, 0.6) is 0 Å². The van der Waals surface area contributed by atoms with E-state index < -0.39 is 11.5 Å². The van der Waals surface area contributed by atoms with Gasteiger partial charge in [0.15, 0.2) is 0 Å². The summed E-state index contributed by atoms with van der Waals surface area (Å²) in [7, 11) is 0. The van der Waals surface area contributed by atoms with Crippen molar-refractivity contribution in [3.8, 4) is 0 Å². The van der Waals surface area contributed by atoms with Gasteiger partial charge in [0.25, 0.3) is 0 Å². The highest BCUT2D eigenvalue weighted by Gasteiger charge is 2.38. The predicted octanol–water partition coefficient (Wildman–Crippen LogP) is 4.73. The van der Waals surface area contributed by atoms with Gasteiger partial charge in [0.1, 0.15) is 5.60 Å². The summed E-state index contributed by atoms with van der Waals surface area (Å²) in [4.78, 5) is 14.0. The maximum absolute atomic E-state index is 13.3. The van der Waals surface area contributed by atoms with Crippen LogP contribution in [-0.4, -0.2) is 29.1 Å². The molecular formula is C16H25F2NO2. The molecule has 0 radical (unpaired) electrons. The maximum atomic E-state index is 13.3. The summed E-state index contributed by atoms with van der Waals surface area (Å²) in [6, 6.07) is 0. The molecule has 0 unspecified atom stereocenters. The number of carbonyl (C=O) groups excluding carboxylic acids is 1. The van der Waals surface area contributed by atoms with E-state index in [-0.39, 0.29) is 24.9 Å². The number of ether oxygens (including phenoxy) is 1. The second kappa shape index (κ2) is 5.93. The minimum Gasteiger partial charge on any atom is -0.443 e. The Labute approximate surface area is 125 Å². The lowest BCUT2D eigenvalue weighted by molar-refractivity contribution is -0.0448. The quantitative estimate of drug-likeness (QED) is 0.701. The second-order valence-corrected chi connectivity index (χ2v) is 7.03. The highest BCUT2D eigenvalue weighted by atomic mass is 19.3. The van der Waals surface area contributed by atoms with Crippen LogP contribution in [0.15, 0.2) is 11.8 Å². The first-order chi connectivity index (χ1) is 9.68. The van der Waals surface area contributed by atoms with Crippen LogP contribution in [0.4, 0.5) is 13.6 Å². The highest BCUT2D eigenvalue weighted by Crippen LogP contribution is 2.41. The Bertz CT molecular complexity index is 416. The van der Waals surface area contributed by atoms with E-state index in [1.165, 1.54) is 0 Å². The number of hydrogen-bond donors (Lipinski definition) is 0. The van der Waals surface area contributed by atoms with E-state index in [1.807, 2.05) is 26.8 Å². The molecule has 0 atom stereocenters. The summed E-state index contributed by atoms with van der Waals surface area (Å²) in [6.45, 7) is 6.12. The zero-order valence-electron chi connectivity index (χ0n) is 13.1. The van der Waals surface area contributed by atoms with Crippen molar-refractivity contribution < 1.29 is 18.3 Å². The standard InChI is InChI=1S/C16H25F2NO2/c1-15(2,3)21-14(20)19-11-5-4-6-13(19)12-7-9-16(17,18)10-8-12/h6,12H,4-5,7-11H2,1-3H3. The molecule has 120 valence electrons. The third-order valence-corrected chi connectivity index (χ3v) is 4.00. The van der Waals surface area contributed by atoms with E-state index in [2.05, 4.69) is 0 Å². The number of hydrogen-bond acceptors (Lipinski definition) is 2. The number of amides is 1. The van der Waals surface area contributed by atoms with Crippen LogP contribution in [0.3, 0.4) is 0 Å². The molecule has 1 aliphatic heterocycles. The molecular weight excluding hydrogens is 276 g/mol. The lowest BCUT2D eigenvalue weighted by Gasteiger charge is -2.37. The van der Waals surface area contributed by atoms with Crippen molar-refractivity contribution >= 4 is 6.09 Å². The highest BCUT2D eigenvalue weighted by molar-refractivity contribution is 5.70. The van der Waals surface area contributed by atoms with Gasteiger partial charge in [-0.3, -0.25) is 4.90 Å². The first kappa shape index (κ1) is 16.2. The summed E-state index contributed by atoms with van der Waals surface area (Å²) in [6.07, 6.45) is 4.19. The fourth-order valence-electron chi connectivity index (χ4n) is 2.98. The Hall–Kier alpha value is -1.13. The van der Waals surface area contributed by atoms with Crippen molar-refractivity contribution in [1.82, 2.24) is 4.90 Å². The molecule has 0 saturated heterocycles. The van der Waals surface area contributed by atoms with Gasteiger partial charge in [-0.25, -0.2) is 13.6 Å². The molecule has 0 bridgehead atoms. The van der Waals surface area contributed by atoms with Crippen molar-refractivity contribution in [2.24, 2.45) is 5.92 Å². The summed E-state index contributed by atoms with van der Waals surface area (Å²) in [5, 5.41) is 0. The van der Waals surface area contributed by atoms with Crippen molar-refractivity contribution in [2.75, 3.05) is 6.54 Å². The second-order valence-electron chi connectivity index (χ2n) is 7.03. The summed E-state index contributed by atoms with van der Waals surface area (Å²) in [5.41, 5.74) is 0.352. The van der Waals surface area contributed by atoms with Gasteiger partial charge < -0.3 is 4.74 Å². The minimum atomic E-state index is -2.54. The monoisotopic (exact) mass is 301 g/mol. The van der Waals surface area contributed by atoms with E-state index in [4.69, 9.17) is 4.74 Å². The maximum Gasteiger partial charge on any atom is 0.414 e. The fraction of sp³-hybridized carbons (Fsp3) is 0.812.